The summed E-state index contributed by atoms with van der Waals surface area (Å²) < 4.78 is -0.710. The number of carbonyl (C=O) groups excluding carboxylic acids is 2. The fraction of sp³-hybridized carbons (Fsp3) is 0.474. The highest BCUT2D eigenvalue weighted by Crippen LogP contribution is 2.71. The Morgan fingerprint density at radius 1 is 1.28 bits per heavy atom. The normalized spacial score (nSPS) is 40.8. The third kappa shape index (κ3) is 1.62. The Bertz CT molecular complexity index is 816. The first kappa shape index (κ1) is 15.1. The van der Waals surface area contributed by atoms with Gasteiger partial charge >= 0.3 is 5.91 Å². The topological polar surface area (TPSA) is 72.5 Å². The Labute approximate surface area is 146 Å². The lowest BCUT2D eigenvalue weighted by atomic mass is 9.75. The number of rotatable bonds is 3. The predicted octanol–water partition coefficient (Wildman–Crippen LogP) is 2.06. The monoisotopic (exact) mass is 339 g/mol. The van der Waals surface area contributed by atoms with Gasteiger partial charge in [0.1, 0.15) is 0 Å². The van der Waals surface area contributed by atoms with E-state index in [1.807, 2.05) is 26.0 Å². The Kier molecular flexibility index (Phi) is 2.72. The van der Waals surface area contributed by atoms with E-state index in [-0.39, 0.29) is 23.8 Å². The third-order valence-electron chi connectivity index (χ3n) is 6.40. The molecule has 6 nitrogen and oxygen atoms in total. The molecular weight excluding hydrogens is 318 g/mol. The summed E-state index contributed by atoms with van der Waals surface area (Å²) in [6, 6.07) is 6.78. The summed E-state index contributed by atoms with van der Waals surface area (Å²) >= 11 is 0. The maximum Gasteiger partial charge on any atom is 0.362 e. The van der Waals surface area contributed by atoms with E-state index < -0.39 is 16.2 Å². The second-order valence-electron chi connectivity index (χ2n) is 7.92. The van der Waals surface area contributed by atoms with E-state index >= 15 is 0 Å². The highest BCUT2D eigenvalue weighted by molar-refractivity contribution is 5.99. The number of hydrogen-bond acceptors (Lipinski definition) is 3. The van der Waals surface area contributed by atoms with Gasteiger partial charge in [-0.1, -0.05) is 41.9 Å². The number of quaternary nitrogens is 1. The van der Waals surface area contributed by atoms with Crippen LogP contribution in [0.2, 0.25) is 0 Å². The molecule has 0 aromatic heterocycles. The highest BCUT2D eigenvalue weighted by atomic mass is 16.7. The number of hydroxylamine groups is 2. The average molecular weight is 339 g/mol. The van der Waals surface area contributed by atoms with Gasteiger partial charge in [0.15, 0.2) is 6.04 Å². The summed E-state index contributed by atoms with van der Waals surface area (Å²) in [6.07, 6.45) is 6.32. The van der Waals surface area contributed by atoms with Crippen molar-refractivity contribution in [1.82, 2.24) is 10.5 Å². The van der Waals surface area contributed by atoms with Crippen LogP contribution in [-0.4, -0.2) is 33.3 Å². The van der Waals surface area contributed by atoms with Crippen LogP contribution in [0.1, 0.15) is 35.7 Å². The molecule has 4 aliphatic rings. The van der Waals surface area contributed by atoms with Gasteiger partial charge in [-0.3, -0.25) is 9.59 Å². The number of fused-ring (bicyclic) bond motifs is 1. The molecular formula is C19H21N3O3. The summed E-state index contributed by atoms with van der Waals surface area (Å²) in [6.45, 7) is 3.92. The molecule has 6 heteroatoms. The lowest BCUT2D eigenvalue weighted by Gasteiger charge is -2.47. The summed E-state index contributed by atoms with van der Waals surface area (Å²) in [5.74, 6) is -0.132. The van der Waals surface area contributed by atoms with Crippen LogP contribution in [0.3, 0.4) is 0 Å². The molecule has 25 heavy (non-hydrogen) atoms. The Morgan fingerprint density at radius 2 is 1.96 bits per heavy atom. The molecule has 1 aromatic carbocycles. The summed E-state index contributed by atoms with van der Waals surface area (Å²) in [5, 5.41) is 14.5. The molecule has 3 unspecified atom stereocenters. The van der Waals surface area contributed by atoms with Gasteiger partial charge < -0.3 is 5.21 Å². The first-order valence-electron chi connectivity index (χ1n) is 8.93. The SMILES string of the molecule is Cc1ccc(C(=O)NN2C(=O)[C@]34C(C5CC5)C=CC(C)[C@@H]3[N+]24[O-])cc1. The maximum absolute atomic E-state index is 13.5. The number of carbonyl (C=O) groups is 2. The molecule has 2 amide bonds. The predicted molar refractivity (Wildman–Crippen MR) is 90.2 cm³/mol. The molecule has 2 aliphatic heterocycles. The number of hydrogen-bond donors (Lipinski definition) is 1. The Morgan fingerprint density at radius 3 is 2.60 bits per heavy atom. The van der Waals surface area contributed by atoms with Crippen molar-refractivity contribution in [2.75, 3.05) is 0 Å². The number of nitrogens with one attached hydrogen (secondary N) is 1. The molecule has 2 aliphatic carbocycles. The number of nitrogens with zero attached hydrogens (tertiary/aromatic N) is 2. The minimum atomic E-state index is -0.879. The van der Waals surface area contributed by atoms with Gasteiger partial charge in [-0.15, -0.1) is 0 Å². The zero-order chi connectivity index (χ0) is 17.6. The van der Waals surface area contributed by atoms with E-state index in [1.165, 1.54) is 0 Å². The number of benzene rings is 1. The van der Waals surface area contributed by atoms with Gasteiger partial charge in [0.05, 0.1) is 5.92 Å². The lowest BCUT2D eigenvalue weighted by molar-refractivity contribution is -0.934. The van der Waals surface area contributed by atoms with Crippen LogP contribution >= 0.6 is 0 Å². The van der Waals surface area contributed by atoms with Crippen molar-refractivity contribution >= 4 is 11.8 Å². The molecule has 1 N–H and O–H groups in total. The average Bonchev–Trinajstić information content (AvgIpc) is 3.49. The number of aryl methyl sites for hydroxylation is 1. The minimum Gasteiger partial charge on any atom is -0.603 e. The first-order valence-corrected chi connectivity index (χ1v) is 8.93. The van der Waals surface area contributed by atoms with Crippen LogP contribution in [-0.2, 0) is 4.79 Å². The molecule has 0 radical (unpaired) electrons. The van der Waals surface area contributed by atoms with Crippen LogP contribution in [0, 0.1) is 29.9 Å². The fourth-order valence-electron chi connectivity index (χ4n) is 5.02. The molecule has 2 heterocycles. The Hall–Kier alpha value is -2.18. The first-order chi connectivity index (χ1) is 11.9. The zero-order valence-electron chi connectivity index (χ0n) is 14.3. The zero-order valence-corrected chi connectivity index (χ0v) is 14.3. The fourth-order valence-corrected chi connectivity index (χ4v) is 5.02. The summed E-state index contributed by atoms with van der Waals surface area (Å²) in [7, 11) is 0. The van der Waals surface area contributed by atoms with Gasteiger partial charge in [0.2, 0.25) is 0 Å². The van der Waals surface area contributed by atoms with E-state index in [1.54, 1.807) is 12.1 Å². The van der Waals surface area contributed by atoms with Crippen LogP contribution in [0.15, 0.2) is 36.4 Å². The smallest absolute Gasteiger partial charge is 0.362 e. The van der Waals surface area contributed by atoms with Crippen molar-refractivity contribution in [3.8, 4) is 0 Å². The van der Waals surface area contributed by atoms with Crippen LogP contribution in [0.25, 0.3) is 0 Å². The van der Waals surface area contributed by atoms with E-state index in [4.69, 9.17) is 0 Å². The molecule has 1 spiro atoms. The van der Waals surface area contributed by atoms with Crippen molar-refractivity contribution < 1.29 is 14.3 Å². The number of amides is 2. The second-order valence-corrected chi connectivity index (χ2v) is 7.92. The molecule has 130 valence electrons. The van der Waals surface area contributed by atoms with Crippen molar-refractivity contribution in [2.24, 2.45) is 17.8 Å². The molecule has 1 aromatic rings. The molecule has 5 rings (SSSR count). The van der Waals surface area contributed by atoms with Crippen molar-refractivity contribution in [2.45, 2.75) is 38.3 Å². The quantitative estimate of drug-likeness (QED) is 0.396. The van der Waals surface area contributed by atoms with E-state index in [9.17, 15) is 14.8 Å². The third-order valence-corrected chi connectivity index (χ3v) is 6.40. The lowest BCUT2D eigenvalue weighted by Crippen LogP contribution is -2.73. The van der Waals surface area contributed by atoms with Gasteiger partial charge in [-0.05, 0) is 37.8 Å². The van der Waals surface area contributed by atoms with E-state index in [0.717, 1.165) is 23.5 Å². The molecule has 5 atom stereocenters. The molecule has 3 fully saturated rings. The number of hydrazine groups is 1. The largest absolute Gasteiger partial charge is 0.603 e. The molecule has 0 bridgehead atoms. The Balaban J connectivity index is 1.42. The van der Waals surface area contributed by atoms with E-state index in [0.29, 0.717) is 11.5 Å². The summed E-state index contributed by atoms with van der Waals surface area (Å²) in [4.78, 5) is 25.4. The van der Waals surface area contributed by atoms with Gasteiger partial charge in [0.25, 0.3) is 11.4 Å². The molecule has 2 saturated heterocycles. The van der Waals surface area contributed by atoms with Gasteiger partial charge in [0, 0.05) is 11.5 Å². The highest BCUT2D eigenvalue weighted by Gasteiger charge is 2.98. The van der Waals surface area contributed by atoms with Crippen LogP contribution in [0.4, 0.5) is 0 Å². The van der Waals surface area contributed by atoms with Crippen LogP contribution < -0.4 is 5.43 Å². The maximum atomic E-state index is 13.5. The standard InChI is InChI=1S/C19H21N3O3/c1-11-3-6-14(7-4-11)17(23)20-21-18(24)19-15(13-8-9-13)10-5-12(2)16(19)22(19,21)25/h3-7,10,12-13,15-16H,8-9H2,1-2H3,(H,20,23)/t12?,15?,16-,19-,22?/m0/s1. The van der Waals surface area contributed by atoms with Crippen molar-refractivity contribution in [1.29, 1.82) is 0 Å². The summed E-state index contributed by atoms with van der Waals surface area (Å²) in [5.41, 5.74) is 3.18. The second kappa shape index (κ2) is 4.51. The van der Waals surface area contributed by atoms with Crippen molar-refractivity contribution in [3.63, 3.8) is 0 Å². The van der Waals surface area contributed by atoms with Gasteiger partial charge in [-0.2, -0.15) is 0 Å². The van der Waals surface area contributed by atoms with Crippen LogP contribution in [0.5, 0.6) is 0 Å². The molecule has 1 saturated carbocycles. The van der Waals surface area contributed by atoms with Gasteiger partial charge in [-0.25, -0.2) is 10.2 Å². The minimum absolute atomic E-state index is 0.0197. The van der Waals surface area contributed by atoms with Crippen molar-refractivity contribution in [3.05, 3.63) is 52.8 Å². The van der Waals surface area contributed by atoms with E-state index in [2.05, 4.69) is 17.6 Å².